The van der Waals surface area contributed by atoms with Crippen LogP contribution in [0.3, 0.4) is 0 Å². The molecule has 0 aliphatic carbocycles. The fraction of sp³-hybridized carbons (Fsp3) is 0.579. The van der Waals surface area contributed by atoms with Crippen LogP contribution in [-0.4, -0.2) is 11.2 Å². The van der Waals surface area contributed by atoms with Crippen LogP contribution >= 0.6 is 0 Å². The zero-order valence-corrected chi connectivity index (χ0v) is 15.4. The molecule has 1 atom stereocenters. The maximum absolute atomic E-state index is 10.9. The van der Waals surface area contributed by atoms with Gasteiger partial charge in [0.2, 0.25) is 0 Å². The van der Waals surface area contributed by atoms with Crippen LogP contribution in [0.1, 0.15) is 62.8 Å². The summed E-state index contributed by atoms with van der Waals surface area (Å²) in [6, 6.07) is 0. The van der Waals surface area contributed by atoms with Crippen molar-refractivity contribution in [1.29, 1.82) is 0 Å². The standard InChI is InChI=1S/C13H18O2.C4H6F2.C2H6/c1-7-5-6-11-10(4)12(14)8(2)9(3)13(11)15-7;1-2-3-4(5)6;1-2/h7,14H,5-6H2,1-4H3;3H,2H2,1H3;1-2H3. The molecule has 1 unspecified atom stereocenters. The molecular weight excluding hydrogens is 298 g/mol. The normalized spacial score (nSPS) is 15.1. The maximum atomic E-state index is 10.9. The van der Waals surface area contributed by atoms with Gasteiger partial charge in [0.15, 0.2) is 0 Å². The van der Waals surface area contributed by atoms with Gasteiger partial charge in [-0.3, -0.25) is 0 Å². The van der Waals surface area contributed by atoms with Crippen LogP contribution in [0.15, 0.2) is 12.2 Å². The molecule has 1 aromatic carbocycles. The van der Waals surface area contributed by atoms with E-state index in [-0.39, 0.29) is 0 Å². The first-order chi connectivity index (χ1) is 10.8. The van der Waals surface area contributed by atoms with Crippen LogP contribution in [0.2, 0.25) is 0 Å². The minimum atomic E-state index is -1.59. The first-order valence-electron chi connectivity index (χ1n) is 8.28. The van der Waals surface area contributed by atoms with Gasteiger partial charge >= 0.3 is 0 Å². The van der Waals surface area contributed by atoms with Crippen LogP contribution < -0.4 is 4.74 Å². The van der Waals surface area contributed by atoms with Crippen molar-refractivity contribution >= 4 is 0 Å². The van der Waals surface area contributed by atoms with E-state index in [9.17, 15) is 13.9 Å². The van der Waals surface area contributed by atoms with Crippen LogP contribution in [0.4, 0.5) is 8.78 Å². The smallest absolute Gasteiger partial charge is 0.266 e. The Kier molecular flexibility index (Phi) is 9.54. The Bertz CT molecular complexity index is 533. The maximum Gasteiger partial charge on any atom is 0.266 e. The lowest BCUT2D eigenvalue weighted by Gasteiger charge is -2.27. The van der Waals surface area contributed by atoms with Gasteiger partial charge in [0, 0.05) is 5.56 Å². The molecule has 1 aromatic rings. The molecule has 0 saturated heterocycles. The van der Waals surface area contributed by atoms with Gasteiger partial charge in [-0.1, -0.05) is 20.8 Å². The predicted molar refractivity (Wildman–Crippen MR) is 92.7 cm³/mol. The van der Waals surface area contributed by atoms with Crippen molar-refractivity contribution in [2.24, 2.45) is 0 Å². The third kappa shape index (κ3) is 5.85. The Morgan fingerprint density at radius 3 is 2.17 bits per heavy atom. The number of allylic oxidation sites excluding steroid dienone is 1. The Labute approximate surface area is 139 Å². The molecule has 1 N–H and O–H groups in total. The quantitative estimate of drug-likeness (QED) is 0.661. The number of hydrogen-bond acceptors (Lipinski definition) is 2. The average Bonchev–Trinajstić information content (AvgIpc) is 2.53. The van der Waals surface area contributed by atoms with E-state index in [2.05, 4.69) is 6.92 Å². The molecule has 2 rings (SSSR count). The molecule has 2 nitrogen and oxygen atoms in total. The van der Waals surface area contributed by atoms with Crippen molar-refractivity contribution in [2.45, 2.75) is 73.8 Å². The molecule has 1 aliphatic rings. The minimum absolute atomic E-state index is 0.291. The Morgan fingerprint density at radius 2 is 1.74 bits per heavy atom. The van der Waals surface area contributed by atoms with E-state index in [1.807, 2.05) is 34.6 Å². The van der Waals surface area contributed by atoms with Crippen LogP contribution in [-0.2, 0) is 6.42 Å². The molecule has 132 valence electrons. The number of phenols is 1. The topological polar surface area (TPSA) is 29.5 Å². The lowest BCUT2D eigenvalue weighted by molar-refractivity contribution is 0.190. The molecule has 0 bridgehead atoms. The number of hydrogen-bond donors (Lipinski definition) is 1. The van der Waals surface area contributed by atoms with Gasteiger partial charge in [-0.25, -0.2) is 0 Å². The van der Waals surface area contributed by atoms with Gasteiger partial charge in [0.1, 0.15) is 11.5 Å². The van der Waals surface area contributed by atoms with Gasteiger partial charge < -0.3 is 9.84 Å². The second-order valence-corrected chi connectivity index (χ2v) is 5.40. The first-order valence-corrected chi connectivity index (χ1v) is 8.28. The van der Waals surface area contributed by atoms with E-state index in [4.69, 9.17) is 4.74 Å². The summed E-state index contributed by atoms with van der Waals surface area (Å²) in [5.74, 6) is 1.44. The van der Waals surface area contributed by atoms with Crippen LogP contribution in [0.5, 0.6) is 11.5 Å². The zero-order chi connectivity index (χ0) is 18.2. The number of rotatable bonds is 1. The van der Waals surface area contributed by atoms with Crippen LogP contribution in [0.25, 0.3) is 0 Å². The molecule has 0 radical (unpaired) electrons. The van der Waals surface area contributed by atoms with E-state index >= 15 is 0 Å². The highest BCUT2D eigenvalue weighted by molar-refractivity contribution is 5.58. The summed E-state index contributed by atoms with van der Waals surface area (Å²) in [5, 5.41) is 9.95. The summed E-state index contributed by atoms with van der Waals surface area (Å²) in [7, 11) is 0. The number of halogens is 2. The Balaban J connectivity index is 0.000000515. The van der Waals surface area contributed by atoms with Crippen molar-refractivity contribution in [3.8, 4) is 11.5 Å². The largest absolute Gasteiger partial charge is 0.507 e. The lowest BCUT2D eigenvalue weighted by atomic mass is 9.92. The fourth-order valence-electron chi connectivity index (χ4n) is 2.39. The van der Waals surface area contributed by atoms with Crippen molar-refractivity contribution in [3.05, 3.63) is 34.4 Å². The van der Waals surface area contributed by atoms with Crippen molar-refractivity contribution in [1.82, 2.24) is 0 Å². The molecule has 23 heavy (non-hydrogen) atoms. The number of phenolic OH excluding ortho intramolecular Hbond substituents is 1. The zero-order valence-electron chi connectivity index (χ0n) is 15.4. The second kappa shape index (κ2) is 10.2. The molecule has 4 heteroatoms. The molecule has 0 amide bonds. The summed E-state index contributed by atoms with van der Waals surface area (Å²) in [5.41, 5.74) is 4.20. The number of benzene rings is 1. The summed E-state index contributed by atoms with van der Waals surface area (Å²) in [4.78, 5) is 0. The molecule has 1 aliphatic heterocycles. The van der Waals surface area contributed by atoms with E-state index in [1.165, 1.54) is 5.56 Å². The molecular formula is C19H30F2O2. The summed E-state index contributed by atoms with van der Waals surface area (Å²) in [6.07, 6.45) is 2.05. The molecule has 0 saturated carbocycles. The SMILES string of the molecule is CC.CCC=C(F)F.Cc1c(C)c2c(c(C)c1O)CCC(C)O2. The molecule has 0 spiro atoms. The summed E-state index contributed by atoms with van der Waals surface area (Å²) < 4.78 is 27.7. The number of aromatic hydroxyl groups is 1. The second-order valence-electron chi connectivity index (χ2n) is 5.40. The highest BCUT2D eigenvalue weighted by Gasteiger charge is 2.23. The number of ether oxygens (including phenoxy) is 1. The number of fused-ring (bicyclic) bond motifs is 1. The fourth-order valence-corrected chi connectivity index (χ4v) is 2.39. The predicted octanol–water partition coefficient (Wildman–Crippen LogP) is 6.23. The monoisotopic (exact) mass is 328 g/mol. The van der Waals surface area contributed by atoms with Gasteiger partial charge in [-0.05, 0) is 69.7 Å². The highest BCUT2D eigenvalue weighted by atomic mass is 19.3. The molecule has 1 heterocycles. The van der Waals surface area contributed by atoms with E-state index < -0.39 is 6.08 Å². The first kappa shape index (κ1) is 21.4. The van der Waals surface area contributed by atoms with E-state index in [0.29, 0.717) is 18.3 Å². The average molecular weight is 328 g/mol. The van der Waals surface area contributed by atoms with Gasteiger partial charge in [-0.15, -0.1) is 0 Å². The van der Waals surface area contributed by atoms with Gasteiger partial charge in [-0.2, -0.15) is 8.78 Å². The van der Waals surface area contributed by atoms with Gasteiger partial charge in [0.25, 0.3) is 6.08 Å². The van der Waals surface area contributed by atoms with Crippen molar-refractivity contribution < 1.29 is 18.6 Å². The third-order valence-electron chi connectivity index (χ3n) is 3.82. The lowest BCUT2D eigenvalue weighted by Crippen LogP contribution is -2.20. The molecule has 0 fully saturated rings. The minimum Gasteiger partial charge on any atom is -0.507 e. The highest BCUT2D eigenvalue weighted by Crippen LogP contribution is 2.40. The van der Waals surface area contributed by atoms with E-state index in [0.717, 1.165) is 41.4 Å². The third-order valence-corrected chi connectivity index (χ3v) is 3.82. The van der Waals surface area contributed by atoms with Crippen LogP contribution in [0, 0.1) is 20.8 Å². The van der Waals surface area contributed by atoms with Crippen molar-refractivity contribution in [2.75, 3.05) is 0 Å². The summed E-state index contributed by atoms with van der Waals surface area (Å²) >= 11 is 0. The Hall–Kier alpha value is -1.58. The van der Waals surface area contributed by atoms with Gasteiger partial charge in [0.05, 0.1) is 6.10 Å². The Morgan fingerprint density at radius 1 is 1.17 bits per heavy atom. The molecule has 0 aromatic heterocycles. The summed E-state index contributed by atoms with van der Waals surface area (Å²) in [6.45, 7) is 13.7. The van der Waals surface area contributed by atoms with Crippen molar-refractivity contribution in [3.63, 3.8) is 0 Å². The van der Waals surface area contributed by atoms with E-state index in [1.54, 1.807) is 6.92 Å².